The Bertz CT molecular complexity index is 659. The first-order chi connectivity index (χ1) is 9.08. The molecule has 0 N–H and O–H groups in total. The van der Waals surface area contributed by atoms with E-state index in [1.807, 2.05) is 49.4 Å². The Hall–Kier alpha value is -1.35. The molecule has 0 aliphatic carbocycles. The van der Waals surface area contributed by atoms with E-state index < -0.39 is 9.84 Å². The molecule has 0 heterocycles. The van der Waals surface area contributed by atoms with Crippen molar-refractivity contribution in [2.45, 2.75) is 11.8 Å². The SMILES string of the molecule is Cc1ccc(S(=O)(=O)/C=C\[Se]c2ccccc2)cc1. The van der Waals surface area contributed by atoms with Crippen molar-refractivity contribution in [3.63, 3.8) is 0 Å². The summed E-state index contributed by atoms with van der Waals surface area (Å²) in [6, 6.07) is 16.8. The van der Waals surface area contributed by atoms with Crippen LogP contribution in [0.5, 0.6) is 0 Å². The van der Waals surface area contributed by atoms with E-state index in [-0.39, 0.29) is 15.0 Å². The Balaban J connectivity index is 2.11. The summed E-state index contributed by atoms with van der Waals surface area (Å²) in [5.74, 6) is 0. The second-order valence-electron chi connectivity index (χ2n) is 4.06. The second kappa shape index (κ2) is 6.20. The number of rotatable bonds is 4. The molecule has 0 saturated carbocycles. The number of benzene rings is 2. The van der Waals surface area contributed by atoms with Gasteiger partial charge in [-0.05, 0) is 0 Å². The first-order valence-corrected chi connectivity index (χ1v) is 9.17. The molecule has 0 bridgehead atoms. The Labute approximate surface area is 120 Å². The molecule has 0 aromatic heterocycles. The molecule has 2 rings (SSSR count). The fourth-order valence-corrected chi connectivity index (χ4v) is 4.62. The van der Waals surface area contributed by atoms with Crippen LogP contribution in [-0.4, -0.2) is 23.4 Å². The molecule has 98 valence electrons. The van der Waals surface area contributed by atoms with Crippen molar-refractivity contribution in [2.75, 3.05) is 0 Å². The summed E-state index contributed by atoms with van der Waals surface area (Å²) in [6.07, 6.45) is 0. The maximum absolute atomic E-state index is 12.1. The van der Waals surface area contributed by atoms with Gasteiger partial charge in [-0.3, -0.25) is 0 Å². The van der Waals surface area contributed by atoms with Gasteiger partial charge in [0.05, 0.1) is 0 Å². The third-order valence-corrected chi connectivity index (χ3v) is 6.06. The van der Waals surface area contributed by atoms with Gasteiger partial charge in [0.2, 0.25) is 0 Å². The Morgan fingerprint density at radius 1 is 0.947 bits per heavy atom. The van der Waals surface area contributed by atoms with Crippen molar-refractivity contribution in [2.24, 2.45) is 0 Å². The summed E-state index contributed by atoms with van der Waals surface area (Å²) in [5, 5.41) is 1.31. The number of aryl methyl sites for hydroxylation is 1. The van der Waals surface area contributed by atoms with Gasteiger partial charge in [0, 0.05) is 0 Å². The molecule has 0 spiro atoms. The average molecular weight is 337 g/mol. The van der Waals surface area contributed by atoms with Gasteiger partial charge < -0.3 is 0 Å². The Morgan fingerprint density at radius 2 is 1.58 bits per heavy atom. The minimum atomic E-state index is -3.31. The van der Waals surface area contributed by atoms with Crippen molar-refractivity contribution >= 4 is 29.3 Å². The zero-order valence-electron chi connectivity index (χ0n) is 10.5. The van der Waals surface area contributed by atoms with Crippen molar-refractivity contribution in [1.82, 2.24) is 0 Å². The summed E-state index contributed by atoms with van der Waals surface area (Å²) in [7, 11) is -3.31. The topological polar surface area (TPSA) is 34.1 Å². The molecular weight excluding hydrogens is 323 g/mol. The second-order valence-corrected chi connectivity index (χ2v) is 7.95. The van der Waals surface area contributed by atoms with Gasteiger partial charge in [0.1, 0.15) is 0 Å². The van der Waals surface area contributed by atoms with Gasteiger partial charge in [-0.25, -0.2) is 0 Å². The zero-order chi connectivity index (χ0) is 13.7. The molecule has 19 heavy (non-hydrogen) atoms. The number of sulfone groups is 1. The Kier molecular flexibility index (Phi) is 4.59. The molecule has 0 unspecified atom stereocenters. The number of hydrogen-bond acceptors (Lipinski definition) is 2. The van der Waals surface area contributed by atoms with Crippen LogP contribution in [0.15, 0.2) is 69.9 Å². The van der Waals surface area contributed by atoms with E-state index in [2.05, 4.69) is 0 Å². The summed E-state index contributed by atoms with van der Waals surface area (Å²) in [5.41, 5.74) is 1.05. The predicted octanol–water partition coefficient (Wildman–Crippen LogP) is 2.27. The minimum absolute atomic E-state index is 0.0407. The van der Waals surface area contributed by atoms with E-state index in [1.165, 1.54) is 5.41 Å². The van der Waals surface area contributed by atoms with Crippen LogP contribution >= 0.6 is 0 Å². The van der Waals surface area contributed by atoms with Crippen LogP contribution in [0.1, 0.15) is 5.56 Å². The fraction of sp³-hybridized carbons (Fsp3) is 0.0667. The summed E-state index contributed by atoms with van der Waals surface area (Å²) in [6.45, 7) is 1.94. The third-order valence-electron chi connectivity index (χ3n) is 2.53. The molecule has 0 fully saturated rings. The van der Waals surface area contributed by atoms with Gasteiger partial charge >= 0.3 is 120 Å². The average Bonchev–Trinajstić information content (AvgIpc) is 2.40. The Morgan fingerprint density at radius 3 is 2.21 bits per heavy atom. The van der Waals surface area contributed by atoms with Gasteiger partial charge in [0.15, 0.2) is 0 Å². The molecule has 0 saturated heterocycles. The van der Waals surface area contributed by atoms with Gasteiger partial charge in [0.25, 0.3) is 0 Å². The van der Waals surface area contributed by atoms with E-state index >= 15 is 0 Å². The van der Waals surface area contributed by atoms with Crippen molar-refractivity contribution in [1.29, 1.82) is 0 Å². The summed E-state index contributed by atoms with van der Waals surface area (Å²) in [4.78, 5) is 2.09. The summed E-state index contributed by atoms with van der Waals surface area (Å²) >= 11 is 0.0407. The van der Waals surface area contributed by atoms with Gasteiger partial charge in [-0.2, -0.15) is 0 Å². The molecule has 4 heteroatoms. The molecule has 0 amide bonds. The molecule has 2 aromatic carbocycles. The molecule has 0 aliphatic heterocycles. The molecular formula is C15H14O2SSe. The van der Waals surface area contributed by atoms with Crippen molar-refractivity contribution < 1.29 is 8.42 Å². The standard InChI is InChI=1S/C15H14O2SSe/c1-13-7-9-14(10-8-13)18(16,17)11-12-19-15-5-3-2-4-6-15/h2-12H,1H3/b12-11-. The van der Waals surface area contributed by atoms with Crippen molar-refractivity contribution in [3.8, 4) is 0 Å². The summed E-state index contributed by atoms with van der Waals surface area (Å²) < 4.78 is 25.3. The maximum atomic E-state index is 12.1. The van der Waals surface area contributed by atoms with Crippen LogP contribution < -0.4 is 4.46 Å². The van der Waals surface area contributed by atoms with Crippen LogP contribution in [0.2, 0.25) is 0 Å². The molecule has 2 aromatic rings. The van der Waals surface area contributed by atoms with Crippen molar-refractivity contribution in [3.05, 3.63) is 70.5 Å². The van der Waals surface area contributed by atoms with Crippen LogP contribution in [0, 0.1) is 6.92 Å². The van der Waals surface area contributed by atoms with Crippen LogP contribution in [0.3, 0.4) is 0 Å². The van der Waals surface area contributed by atoms with E-state index in [1.54, 1.807) is 17.1 Å². The third kappa shape index (κ3) is 4.06. The van der Waals surface area contributed by atoms with Crippen LogP contribution in [0.25, 0.3) is 0 Å². The van der Waals surface area contributed by atoms with E-state index in [9.17, 15) is 8.42 Å². The molecule has 0 radical (unpaired) electrons. The molecule has 2 nitrogen and oxygen atoms in total. The fourth-order valence-electron chi connectivity index (χ4n) is 1.49. The van der Waals surface area contributed by atoms with E-state index in [0.717, 1.165) is 10.0 Å². The first kappa shape index (κ1) is 14.1. The zero-order valence-corrected chi connectivity index (χ0v) is 13.0. The predicted molar refractivity (Wildman–Crippen MR) is 79.3 cm³/mol. The first-order valence-electron chi connectivity index (χ1n) is 5.78. The van der Waals surface area contributed by atoms with Gasteiger partial charge in [-0.1, -0.05) is 0 Å². The van der Waals surface area contributed by atoms with Gasteiger partial charge in [-0.15, -0.1) is 0 Å². The monoisotopic (exact) mass is 338 g/mol. The van der Waals surface area contributed by atoms with Crippen LogP contribution in [-0.2, 0) is 9.84 Å². The molecule has 0 aliphatic rings. The number of hydrogen-bond donors (Lipinski definition) is 0. The quantitative estimate of drug-likeness (QED) is 0.802. The molecule has 0 atom stereocenters. The van der Waals surface area contributed by atoms with E-state index in [4.69, 9.17) is 0 Å². The van der Waals surface area contributed by atoms with E-state index in [0.29, 0.717) is 4.90 Å². The van der Waals surface area contributed by atoms with Crippen LogP contribution in [0.4, 0.5) is 0 Å². The normalized spacial score (nSPS) is 11.8.